The van der Waals surface area contributed by atoms with Crippen LogP contribution in [0.25, 0.3) is 10.9 Å². The lowest BCUT2D eigenvalue weighted by Crippen LogP contribution is -2.02. The topological polar surface area (TPSA) is 22.1 Å². The second kappa shape index (κ2) is 4.10. The summed E-state index contributed by atoms with van der Waals surface area (Å²) in [6.45, 7) is -2.82. The predicted octanol–water partition coefficient (Wildman–Crippen LogP) is 3.60. The standard InChI is InChI=1S/C10H6BrF2NO/c11-6-1-2-8-7(5-6)9(3-4-14-8)15-10(12)13/h1-5,10H. The summed E-state index contributed by atoms with van der Waals surface area (Å²) in [7, 11) is 0. The highest BCUT2D eigenvalue weighted by molar-refractivity contribution is 9.10. The van der Waals surface area contributed by atoms with Crippen LogP contribution in [-0.4, -0.2) is 11.6 Å². The molecule has 0 fully saturated rings. The molecule has 0 aliphatic rings. The van der Waals surface area contributed by atoms with Crippen LogP contribution in [0.3, 0.4) is 0 Å². The van der Waals surface area contributed by atoms with Crippen LogP contribution in [0, 0.1) is 0 Å². The van der Waals surface area contributed by atoms with Gasteiger partial charge in [0.1, 0.15) is 5.75 Å². The summed E-state index contributed by atoms with van der Waals surface area (Å²) in [6.07, 6.45) is 1.44. The fourth-order valence-corrected chi connectivity index (χ4v) is 1.65. The number of hydrogen-bond donors (Lipinski definition) is 0. The Kier molecular flexibility index (Phi) is 2.81. The molecule has 1 aromatic heterocycles. The van der Waals surface area contributed by atoms with Crippen LogP contribution in [0.15, 0.2) is 34.9 Å². The van der Waals surface area contributed by atoms with E-state index in [0.29, 0.717) is 10.9 Å². The number of rotatable bonds is 2. The van der Waals surface area contributed by atoms with Crippen molar-refractivity contribution in [1.29, 1.82) is 0 Å². The molecule has 0 spiro atoms. The second-order valence-electron chi connectivity index (χ2n) is 2.85. The van der Waals surface area contributed by atoms with Gasteiger partial charge in [-0.25, -0.2) is 0 Å². The van der Waals surface area contributed by atoms with Crippen molar-refractivity contribution >= 4 is 26.8 Å². The predicted molar refractivity (Wildman–Crippen MR) is 56.1 cm³/mol. The molecular formula is C10H6BrF2NO. The molecule has 0 N–H and O–H groups in total. The van der Waals surface area contributed by atoms with E-state index >= 15 is 0 Å². The number of ether oxygens (including phenoxy) is 1. The quantitative estimate of drug-likeness (QED) is 0.834. The summed E-state index contributed by atoms with van der Waals surface area (Å²) < 4.78 is 29.4. The molecule has 78 valence electrons. The first kappa shape index (κ1) is 10.3. The molecule has 0 saturated carbocycles. The van der Waals surface area contributed by atoms with Crippen molar-refractivity contribution < 1.29 is 13.5 Å². The molecule has 0 amide bonds. The van der Waals surface area contributed by atoms with Crippen molar-refractivity contribution in [3.05, 3.63) is 34.9 Å². The zero-order valence-corrected chi connectivity index (χ0v) is 9.04. The highest BCUT2D eigenvalue weighted by Crippen LogP contribution is 2.27. The van der Waals surface area contributed by atoms with Crippen molar-refractivity contribution in [2.24, 2.45) is 0 Å². The SMILES string of the molecule is FC(F)Oc1ccnc2ccc(Br)cc12. The number of halogens is 3. The van der Waals surface area contributed by atoms with E-state index in [4.69, 9.17) is 0 Å². The lowest BCUT2D eigenvalue weighted by Gasteiger charge is -2.07. The molecule has 0 unspecified atom stereocenters. The minimum atomic E-state index is -2.82. The maximum atomic E-state index is 12.1. The van der Waals surface area contributed by atoms with Crippen LogP contribution in [0.4, 0.5) is 8.78 Å². The number of benzene rings is 1. The van der Waals surface area contributed by atoms with Crippen LogP contribution < -0.4 is 4.74 Å². The molecule has 0 saturated heterocycles. The van der Waals surface area contributed by atoms with E-state index in [1.54, 1.807) is 18.2 Å². The molecule has 1 aromatic carbocycles. The Morgan fingerprint density at radius 2 is 2.07 bits per heavy atom. The van der Waals surface area contributed by atoms with Gasteiger partial charge in [0.05, 0.1) is 5.52 Å². The summed E-state index contributed by atoms with van der Waals surface area (Å²) in [5.74, 6) is 0.135. The molecule has 15 heavy (non-hydrogen) atoms. The maximum absolute atomic E-state index is 12.1. The number of fused-ring (bicyclic) bond motifs is 1. The number of nitrogens with zero attached hydrogens (tertiary/aromatic N) is 1. The van der Waals surface area contributed by atoms with Crippen molar-refractivity contribution in [1.82, 2.24) is 4.98 Å². The van der Waals surface area contributed by atoms with E-state index in [2.05, 4.69) is 25.7 Å². The van der Waals surface area contributed by atoms with E-state index in [1.165, 1.54) is 12.3 Å². The van der Waals surface area contributed by atoms with Gasteiger partial charge in [-0.05, 0) is 24.3 Å². The first-order chi connectivity index (χ1) is 7.16. The number of hydrogen-bond acceptors (Lipinski definition) is 2. The third-order valence-electron chi connectivity index (χ3n) is 1.88. The highest BCUT2D eigenvalue weighted by atomic mass is 79.9. The largest absolute Gasteiger partial charge is 0.434 e. The van der Waals surface area contributed by atoms with Gasteiger partial charge in [-0.2, -0.15) is 8.78 Å². The minimum absolute atomic E-state index is 0.135. The molecule has 0 aliphatic carbocycles. The Morgan fingerprint density at radius 3 is 2.80 bits per heavy atom. The lowest BCUT2D eigenvalue weighted by atomic mass is 10.2. The Balaban J connectivity index is 2.58. The number of alkyl halides is 2. The average molecular weight is 274 g/mol. The van der Waals surface area contributed by atoms with Crippen molar-refractivity contribution in [2.45, 2.75) is 6.61 Å². The van der Waals surface area contributed by atoms with E-state index in [1.807, 2.05) is 0 Å². The molecule has 1 heterocycles. The van der Waals surface area contributed by atoms with Crippen molar-refractivity contribution in [2.75, 3.05) is 0 Å². The first-order valence-electron chi connectivity index (χ1n) is 4.16. The Morgan fingerprint density at radius 1 is 1.27 bits per heavy atom. The Bertz CT molecular complexity index is 490. The molecule has 2 aromatic rings. The first-order valence-corrected chi connectivity index (χ1v) is 4.95. The second-order valence-corrected chi connectivity index (χ2v) is 3.76. The summed E-state index contributed by atoms with van der Waals surface area (Å²) >= 11 is 3.26. The van der Waals surface area contributed by atoms with Gasteiger partial charge in [0.15, 0.2) is 0 Å². The average Bonchev–Trinajstić information content (AvgIpc) is 2.18. The van der Waals surface area contributed by atoms with Crippen molar-refractivity contribution in [3.8, 4) is 5.75 Å². The summed E-state index contributed by atoms with van der Waals surface area (Å²) in [4.78, 5) is 4.04. The zero-order chi connectivity index (χ0) is 10.8. The van der Waals surface area contributed by atoms with Crippen LogP contribution >= 0.6 is 15.9 Å². The van der Waals surface area contributed by atoms with Gasteiger partial charge in [-0.1, -0.05) is 15.9 Å². The van der Waals surface area contributed by atoms with Gasteiger partial charge >= 0.3 is 6.61 Å². The van der Waals surface area contributed by atoms with E-state index < -0.39 is 6.61 Å². The fourth-order valence-electron chi connectivity index (χ4n) is 1.29. The van der Waals surface area contributed by atoms with Gasteiger partial charge < -0.3 is 4.74 Å². The molecule has 0 aliphatic heterocycles. The van der Waals surface area contributed by atoms with Crippen LogP contribution in [0.5, 0.6) is 5.75 Å². The Labute approximate surface area is 93.0 Å². The third kappa shape index (κ3) is 2.23. The van der Waals surface area contributed by atoms with E-state index in [9.17, 15) is 8.78 Å². The van der Waals surface area contributed by atoms with Gasteiger partial charge in [0.25, 0.3) is 0 Å². The molecule has 2 rings (SSSR count). The normalized spacial score (nSPS) is 10.9. The zero-order valence-electron chi connectivity index (χ0n) is 7.45. The van der Waals surface area contributed by atoms with E-state index in [-0.39, 0.29) is 5.75 Å². The minimum Gasteiger partial charge on any atom is -0.434 e. The van der Waals surface area contributed by atoms with Crippen LogP contribution in [-0.2, 0) is 0 Å². The van der Waals surface area contributed by atoms with Crippen molar-refractivity contribution in [3.63, 3.8) is 0 Å². The van der Waals surface area contributed by atoms with Gasteiger partial charge in [-0.15, -0.1) is 0 Å². The van der Waals surface area contributed by atoms with Gasteiger partial charge in [0.2, 0.25) is 0 Å². The van der Waals surface area contributed by atoms with E-state index in [0.717, 1.165) is 4.47 Å². The molecule has 0 radical (unpaired) electrons. The van der Waals surface area contributed by atoms with Crippen LogP contribution in [0.1, 0.15) is 0 Å². The lowest BCUT2D eigenvalue weighted by molar-refractivity contribution is -0.0488. The molecule has 0 bridgehead atoms. The highest BCUT2D eigenvalue weighted by Gasteiger charge is 2.08. The third-order valence-corrected chi connectivity index (χ3v) is 2.37. The fraction of sp³-hybridized carbons (Fsp3) is 0.100. The molecular weight excluding hydrogens is 268 g/mol. The monoisotopic (exact) mass is 273 g/mol. The number of aromatic nitrogens is 1. The molecule has 5 heteroatoms. The summed E-state index contributed by atoms with van der Waals surface area (Å²) in [6, 6.07) is 6.64. The van der Waals surface area contributed by atoms with Gasteiger partial charge in [-0.3, -0.25) is 4.98 Å². The van der Waals surface area contributed by atoms with Crippen LogP contribution in [0.2, 0.25) is 0 Å². The number of pyridine rings is 1. The Hall–Kier alpha value is -1.23. The molecule has 0 atom stereocenters. The summed E-state index contributed by atoms with van der Waals surface area (Å²) in [5.41, 5.74) is 0.622. The molecule has 2 nitrogen and oxygen atoms in total. The maximum Gasteiger partial charge on any atom is 0.387 e. The smallest absolute Gasteiger partial charge is 0.387 e. The summed E-state index contributed by atoms with van der Waals surface area (Å²) in [5, 5.41) is 0.562. The van der Waals surface area contributed by atoms with Gasteiger partial charge in [0, 0.05) is 16.1 Å².